The van der Waals surface area contributed by atoms with E-state index in [1.165, 1.54) is 18.2 Å². The third kappa shape index (κ3) is 2.67. The van der Waals surface area contributed by atoms with Crippen LogP contribution in [0, 0.1) is 30.9 Å². The number of hydrogen-bond donors (Lipinski definition) is 0. The number of nitrogens with zero attached hydrogens (tertiary/aromatic N) is 2. The first-order valence-electron chi connectivity index (χ1n) is 7.97. The van der Waals surface area contributed by atoms with Crippen molar-refractivity contribution < 1.29 is 19.3 Å². The molecule has 0 atom stereocenters. The predicted octanol–water partition coefficient (Wildman–Crippen LogP) is 3.00. The fourth-order valence-electron chi connectivity index (χ4n) is 3.45. The third-order valence-electron chi connectivity index (χ3n) is 4.43. The molecular weight excluding hydrogens is 336 g/mol. The Hall–Kier alpha value is -3.35. The van der Waals surface area contributed by atoms with Crippen molar-refractivity contribution in [3.8, 4) is 0 Å². The summed E-state index contributed by atoms with van der Waals surface area (Å²) in [7, 11) is 0. The predicted molar refractivity (Wildman–Crippen MR) is 93.4 cm³/mol. The summed E-state index contributed by atoms with van der Waals surface area (Å²) in [5, 5.41) is 11.1. The molecule has 0 N–H and O–H groups in total. The monoisotopic (exact) mass is 352 g/mol. The quantitative estimate of drug-likeness (QED) is 0.365. The largest absolute Gasteiger partial charge is 0.292 e. The highest BCUT2D eigenvalue weighted by molar-refractivity contribution is 6.24. The smallest absolute Gasteiger partial charge is 0.282 e. The van der Waals surface area contributed by atoms with Crippen LogP contribution in [0.3, 0.4) is 0 Å². The average Bonchev–Trinajstić information content (AvgIpc) is 2.79. The second-order valence-electron chi connectivity index (χ2n) is 6.35. The average molecular weight is 352 g/mol. The van der Waals surface area contributed by atoms with Crippen molar-refractivity contribution in [1.82, 2.24) is 4.90 Å². The van der Waals surface area contributed by atoms with Crippen LogP contribution in [0.15, 0.2) is 30.3 Å². The Morgan fingerprint density at radius 1 is 1.08 bits per heavy atom. The SMILES string of the molecule is Cc1cc(C)c(C(=O)CN2C(=O)c3cccc([N+](=O)[O-])c3C2=O)c(C)c1. The molecule has 1 heterocycles. The van der Waals surface area contributed by atoms with E-state index in [0.717, 1.165) is 21.6 Å². The molecule has 0 spiro atoms. The van der Waals surface area contributed by atoms with Gasteiger partial charge in [-0.05, 0) is 38.0 Å². The number of rotatable bonds is 4. The maximum Gasteiger partial charge on any atom is 0.282 e. The molecule has 2 aromatic rings. The van der Waals surface area contributed by atoms with Gasteiger partial charge >= 0.3 is 0 Å². The van der Waals surface area contributed by atoms with Gasteiger partial charge in [0.1, 0.15) is 5.56 Å². The molecule has 2 amide bonds. The minimum Gasteiger partial charge on any atom is -0.292 e. The maximum atomic E-state index is 12.7. The van der Waals surface area contributed by atoms with E-state index in [-0.39, 0.29) is 16.9 Å². The van der Waals surface area contributed by atoms with E-state index in [9.17, 15) is 24.5 Å². The van der Waals surface area contributed by atoms with E-state index in [1.54, 1.807) is 13.8 Å². The number of Topliss-reactive ketones (excluding diaryl/α,β-unsaturated/α-hetero) is 1. The zero-order valence-electron chi connectivity index (χ0n) is 14.5. The van der Waals surface area contributed by atoms with Crippen molar-refractivity contribution in [2.75, 3.05) is 6.54 Å². The summed E-state index contributed by atoms with van der Waals surface area (Å²) in [6, 6.07) is 7.58. The Balaban J connectivity index is 1.97. The lowest BCUT2D eigenvalue weighted by Gasteiger charge is -2.15. The number of amides is 2. The zero-order valence-corrected chi connectivity index (χ0v) is 14.5. The second kappa shape index (κ2) is 6.18. The van der Waals surface area contributed by atoms with Crippen LogP contribution in [0.25, 0.3) is 0 Å². The van der Waals surface area contributed by atoms with Gasteiger partial charge in [0, 0.05) is 11.6 Å². The molecule has 3 rings (SSSR count). The normalized spacial score (nSPS) is 13.1. The van der Waals surface area contributed by atoms with Gasteiger partial charge in [0.25, 0.3) is 17.5 Å². The highest BCUT2D eigenvalue weighted by atomic mass is 16.6. The second-order valence-corrected chi connectivity index (χ2v) is 6.35. The number of fused-ring (bicyclic) bond motifs is 1. The van der Waals surface area contributed by atoms with Crippen LogP contribution >= 0.6 is 0 Å². The lowest BCUT2D eigenvalue weighted by atomic mass is 9.96. The summed E-state index contributed by atoms with van der Waals surface area (Å²) in [5.41, 5.74) is 2.25. The number of carbonyl (C=O) groups is 3. The molecule has 0 fully saturated rings. The van der Waals surface area contributed by atoms with Crippen LogP contribution in [0.4, 0.5) is 5.69 Å². The topological polar surface area (TPSA) is 97.6 Å². The molecule has 0 unspecified atom stereocenters. The first kappa shape index (κ1) is 17.5. The van der Waals surface area contributed by atoms with Gasteiger partial charge in [-0.15, -0.1) is 0 Å². The number of hydrogen-bond acceptors (Lipinski definition) is 5. The molecule has 2 aromatic carbocycles. The Bertz CT molecular complexity index is 970. The van der Waals surface area contributed by atoms with Gasteiger partial charge < -0.3 is 0 Å². The van der Waals surface area contributed by atoms with Crippen molar-refractivity contribution in [3.05, 3.63) is 73.8 Å². The van der Waals surface area contributed by atoms with Crippen molar-refractivity contribution in [1.29, 1.82) is 0 Å². The number of benzene rings is 2. The molecule has 0 saturated heterocycles. The maximum absolute atomic E-state index is 12.7. The van der Waals surface area contributed by atoms with Gasteiger partial charge in [0.05, 0.1) is 17.0 Å². The Kier molecular flexibility index (Phi) is 4.15. The first-order valence-corrected chi connectivity index (χ1v) is 7.97. The molecule has 132 valence electrons. The van der Waals surface area contributed by atoms with Gasteiger partial charge in [-0.1, -0.05) is 23.8 Å². The van der Waals surface area contributed by atoms with Crippen LogP contribution < -0.4 is 0 Å². The Morgan fingerprint density at radius 2 is 1.69 bits per heavy atom. The summed E-state index contributed by atoms with van der Waals surface area (Å²) in [6.45, 7) is 5.05. The van der Waals surface area contributed by atoms with E-state index < -0.39 is 29.0 Å². The number of carbonyl (C=O) groups excluding carboxylic acids is 3. The number of nitro groups is 1. The molecule has 0 aliphatic carbocycles. The lowest BCUT2D eigenvalue weighted by molar-refractivity contribution is -0.385. The molecule has 1 aliphatic heterocycles. The zero-order chi connectivity index (χ0) is 19.2. The van der Waals surface area contributed by atoms with Crippen LogP contribution in [0.2, 0.25) is 0 Å². The Morgan fingerprint density at radius 3 is 2.27 bits per heavy atom. The molecular formula is C19H16N2O5. The van der Waals surface area contributed by atoms with E-state index in [2.05, 4.69) is 0 Å². The summed E-state index contributed by atoms with van der Waals surface area (Å²) in [5.74, 6) is -1.88. The van der Waals surface area contributed by atoms with E-state index in [4.69, 9.17) is 0 Å². The molecule has 7 nitrogen and oxygen atoms in total. The van der Waals surface area contributed by atoms with Crippen molar-refractivity contribution in [2.24, 2.45) is 0 Å². The molecule has 0 radical (unpaired) electrons. The highest BCUT2D eigenvalue weighted by Crippen LogP contribution is 2.31. The first-order chi connectivity index (χ1) is 12.2. The van der Waals surface area contributed by atoms with E-state index in [0.29, 0.717) is 5.56 Å². The highest BCUT2D eigenvalue weighted by Gasteiger charge is 2.41. The molecule has 0 aromatic heterocycles. The fourth-order valence-corrected chi connectivity index (χ4v) is 3.45. The van der Waals surface area contributed by atoms with Gasteiger partial charge in [-0.2, -0.15) is 0 Å². The van der Waals surface area contributed by atoms with Crippen molar-refractivity contribution in [2.45, 2.75) is 20.8 Å². The lowest BCUT2D eigenvalue weighted by Crippen LogP contribution is -2.35. The number of ketones is 1. The number of nitro benzene ring substituents is 1. The van der Waals surface area contributed by atoms with Gasteiger partial charge in [0.15, 0.2) is 5.78 Å². The third-order valence-corrected chi connectivity index (χ3v) is 4.43. The van der Waals surface area contributed by atoms with Crippen LogP contribution in [0.1, 0.15) is 47.8 Å². The minimum atomic E-state index is -0.812. The summed E-state index contributed by atoms with van der Waals surface area (Å²) in [6.07, 6.45) is 0. The van der Waals surface area contributed by atoms with Crippen molar-refractivity contribution in [3.63, 3.8) is 0 Å². The van der Waals surface area contributed by atoms with Gasteiger partial charge in [-0.3, -0.25) is 29.4 Å². The van der Waals surface area contributed by atoms with Crippen molar-refractivity contribution >= 4 is 23.3 Å². The Labute approximate surface area is 149 Å². The van der Waals surface area contributed by atoms with Crippen LogP contribution in [0.5, 0.6) is 0 Å². The standard InChI is InChI=1S/C19H16N2O5/c1-10-7-11(2)16(12(3)8-10)15(22)9-20-18(23)13-5-4-6-14(21(25)26)17(13)19(20)24/h4-8H,9H2,1-3H3. The van der Waals surface area contributed by atoms with E-state index >= 15 is 0 Å². The fraction of sp³-hybridized carbons (Fsp3) is 0.211. The van der Waals surface area contributed by atoms with Crippen LogP contribution in [-0.2, 0) is 0 Å². The molecule has 1 aliphatic rings. The van der Waals surface area contributed by atoms with Crippen LogP contribution in [-0.4, -0.2) is 34.0 Å². The summed E-state index contributed by atoms with van der Waals surface area (Å²) in [4.78, 5) is 49.0. The molecule has 26 heavy (non-hydrogen) atoms. The van der Waals surface area contributed by atoms with Gasteiger partial charge in [-0.25, -0.2) is 0 Å². The molecule has 7 heteroatoms. The molecule has 0 saturated carbocycles. The molecule has 0 bridgehead atoms. The number of imide groups is 1. The number of aryl methyl sites for hydroxylation is 3. The van der Waals surface area contributed by atoms with Gasteiger partial charge in [0.2, 0.25) is 0 Å². The van der Waals surface area contributed by atoms with E-state index in [1.807, 2.05) is 19.1 Å². The summed E-state index contributed by atoms with van der Waals surface area (Å²) < 4.78 is 0. The minimum absolute atomic E-state index is 0.0469. The summed E-state index contributed by atoms with van der Waals surface area (Å²) >= 11 is 0.